The van der Waals surface area contributed by atoms with E-state index < -0.39 is 36.8 Å². The highest BCUT2D eigenvalue weighted by Crippen LogP contribution is 2.40. The van der Waals surface area contributed by atoms with Gasteiger partial charge in [-0.2, -0.15) is 13.2 Å². The fourth-order valence-electron chi connectivity index (χ4n) is 4.29. The zero-order chi connectivity index (χ0) is 24.2. The monoisotopic (exact) mass is 478 g/mol. The molecule has 178 valence electrons. The van der Waals surface area contributed by atoms with Gasteiger partial charge in [0.1, 0.15) is 17.9 Å². The molecule has 3 aromatic heterocycles. The number of ether oxygens (including phenoxy) is 1. The second-order valence-electron chi connectivity index (χ2n) is 8.17. The predicted octanol–water partition coefficient (Wildman–Crippen LogP) is 3.68. The van der Waals surface area contributed by atoms with Gasteiger partial charge in [0, 0.05) is 36.8 Å². The van der Waals surface area contributed by atoms with E-state index in [0.717, 1.165) is 4.90 Å². The fourth-order valence-corrected chi connectivity index (χ4v) is 4.29. The number of aromatic nitrogens is 4. The Morgan fingerprint density at radius 2 is 1.91 bits per heavy atom. The van der Waals surface area contributed by atoms with Gasteiger partial charge in [0.2, 0.25) is 0 Å². The number of alkyl halides is 4. The van der Waals surface area contributed by atoms with Crippen LogP contribution in [0.3, 0.4) is 0 Å². The summed E-state index contributed by atoms with van der Waals surface area (Å²) in [4.78, 5) is 5.47. The Kier molecular flexibility index (Phi) is 5.36. The third-order valence-electron chi connectivity index (χ3n) is 5.93. The first-order chi connectivity index (χ1) is 16.2. The van der Waals surface area contributed by atoms with E-state index in [0.29, 0.717) is 22.2 Å². The number of halogens is 5. The zero-order valence-corrected chi connectivity index (χ0v) is 17.8. The van der Waals surface area contributed by atoms with Crippen molar-refractivity contribution < 1.29 is 26.7 Å². The molecule has 1 fully saturated rings. The zero-order valence-electron chi connectivity index (χ0n) is 17.8. The van der Waals surface area contributed by atoms with E-state index in [1.807, 2.05) is 0 Å². The molecule has 0 radical (unpaired) electrons. The van der Waals surface area contributed by atoms with Crippen molar-refractivity contribution in [3.8, 4) is 17.3 Å². The number of nitrogens with zero attached hydrogens (tertiary/aromatic N) is 5. The van der Waals surface area contributed by atoms with Crippen LogP contribution in [0, 0.1) is 5.82 Å². The summed E-state index contributed by atoms with van der Waals surface area (Å²) in [5, 5.41) is 8.62. The van der Waals surface area contributed by atoms with Crippen LogP contribution in [-0.4, -0.2) is 63.1 Å². The van der Waals surface area contributed by atoms with E-state index in [4.69, 9.17) is 10.5 Å². The van der Waals surface area contributed by atoms with Gasteiger partial charge in [-0.05, 0) is 23.8 Å². The minimum absolute atomic E-state index is 0.00791. The molecule has 12 heteroatoms. The van der Waals surface area contributed by atoms with Crippen LogP contribution in [0.15, 0.2) is 42.6 Å². The van der Waals surface area contributed by atoms with E-state index >= 15 is 0 Å². The quantitative estimate of drug-likeness (QED) is 0.451. The largest absolute Gasteiger partial charge is 0.494 e. The summed E-state index contributed by atoms with van der Waals surface area (Å²) >= 11 is 0. The van der Waals surface area contributed by atoms with Gasteiger partial charge in [0.15, 0.2) is 23.0 Å². The van der Waals surface area contributed by atoms with E-state index in [2.05, 4.69) is 15.2 Å². The average Bonchev–Trinajstić information content (AvgIpc) is 3.34. The molecule has 1 unspecified atom stereocenters. The highest BCUT2D eigenvalue weighted by molar-refractivity contribution is 5.82. The third kappa shape index (κ3) is 3.82. The van der Waals surface area contributed by atoms with Crippen molar-refractivity contribution in [1.82, 2.24) is 24.5 Å². The summed E-state index contributed by atoms with van der Waals surface area (Å²) in [6.45, 7) is -0.633. The molecule has 5 rings (SSSR count). The van der Waals surface area contributed by atoms with E-state index in [1.165, 1.54) is 42.0 Å². The summed E-state index contributed by atoms with van der Waals surface area (Å²) in [7, 11) is 1.33. The third-order valence-corrected chi connectivity index (χ3v) is 5.93. The van der Waals surface area contributed by atoms with Crippen LogP contribution in [0.2, 0.25) is 0 Å². The van der Waals surface area contributed by atoms with Crippen molar-refractivity contribution in [2.75, 3.05) is 20.2 Å². The van der Waals surface area contributed by atoms with Crippen molar-refractivity contribution in [3.63, 3.8) is 0 Å². The maximum atomic E-state index is 14.0. The Bertz CT molecular complexity index is 1360. The molecular weight excluding hydrogens is 459 g/mol. The van der Waals surface area contributed by atoms with Gasteiger partial charge < -0.3 is 10.5 Å². The van der Waals surface area contributed by atoms with Crippen molar-refractivity contribution in [3.05, 3.63) is 54.0 Å². The Hall–Kier alpha value is -3.38. The van der Waals surface area contributed by atoms with Crippen molar-refractivity contribution >= 4 is 16.6 Å². The number of nitrogens with two attached hydrogens (primary N) is 1. The van der Waals surface area contributed by atoms with E-state index in [9.17, 15) is 22.0 Å². The van der Waals surface area contributed by atoms with E-state index in [1.54, 1.807) is 12.1 Å². The Labute approximate surface area is 190 Å². The fraction of sp³-hybridized carbons (Fsp3) is 0.318. The number of fused-ring (bicyclic) bond motifs is 2. The molecule has 2 N–H and O–H groups in total. The molecule has 4 aromatic rings. The van der Waals surface area contributed by atoms with Crippen molar-refractivity contribution in [1.29, 1.82) is 0 Å². The number of hydrogen-bond acceptors (Lipinski definition) is 6. The van der Waals surface area contributed by atoms with Gasteiger partial charge in [-0.3, -0.25) is 9.30 Å². The molecule has 4 heterocycles. The lowest BCUT2D eigenvalue weighted by atomic mass is 10.1. The lowest BCUT2D eigenvalue weighted by Crippen LogP contribution is -2.38. The highest BCUT2D eigenvalue weighted by Gasteiger charge is 2.48. The summed E-state index contributed by atoms with van der Waals surface area (Å²) in [5.74, 6) is -0.338. The molecule has 0 saturated carbocycles. The van der Waals surface area contributed by atoms with Crippen LogP contribution in [0.5, 0.6) is 5.75 Å². The van der Waals surface area contributed by atoms with E-state index in [-0.39, 0.29) is 23.7 Å². The molecule has 1 saturated heterocycles. The first-order valence-corrected chi connectivity index (χ1v) is 10.4. The maximum Gasteiger partial charge on any atom is 0.408 e. The molecule has 1 aromatic carbocycles. The molecule has 0 aliphatic carbocycles. The summed E-state index contributed by atoms with van der Waals surface area (Å²) in [6.07, 6.45) is -4.92. The molecule has 0 spiro atoms. The van der Waals surface area contributed by atoms with Crippen LogP contribution in [0.1, 0.15) is 11.6 Å². The number of methoxy groups -OCH3 is 1. The molecule has 1 aliphatic rings. The number of likely N-dealkylation sites (tertiary alicyclic amines) is 1. The number of pyridine rings is 2. The summed E-state index contributed by atoms with van der Waals surface area (Å²) in [6, 6.07) is 5.57. The molecule has 3 atom stereocenters. The first-order valence-electron chi connectivity index (χ1n) is 10.4. The van der Waals surface area contributed by atoms with Crippen LogP contribution < -0.4 is 10.5 Å². The normalized spacial score (nSPS) is 20.3. The number of rotatable bonds is 4. The van der Waals surface area contributed by atoms with Gasteiger partial charge in [-0.25, -0.2) is 13.8 Å². The van der Waals surface area contributed by atoms with Gasteiger partial charge in [0.25, 0.3) is 0 Å². The molecule has 34 heavy (non-hydrogen) atoms. The minimum Gasteiger partial charge on any atom is -0.494 e. The number of hydrogen-bond donors (Lipinski definition) is 1. The highest BCUT2D eigenvalue weighted by atomic mass is 19.4. The predicted molar refractivity (Wildman–Crippen MR) is 113 cm³/mol. The van der Waals surface area contributed by atoms with Crippen LogP contribution in [0.4, 0.5) is 22.0 Å². The van der Waals surface area contributed by atoms with Crippen molar-refractivity contribution in [2.24, 2.45) is 5.73 Å². The molecule has 0 amide bonds. The molecular formula is C22H19F5N6O. The second-order valence-corrected chi connectivity index (χ2v) is 8.17. The van der Waals surface area contributed by atoms with Gasteiger partial charge in [0.05, 0.1) is 12.6 Å². The lowest BCUT2D eigenvalue weighted by molar-refractivity contribution is -0.184. The van der Waals surface area contributed by atoms with Crippen LogP contribution in [-0.2, 0) is 0 Å². The first kappa shape index (κ1) is 22.4. The Balaban J connectivity index is 1.60. The Morgan fingerprint density at radius 3 is 2.59 bits per heavy atom. The molecule has 0 bridgehead atoms. The maximum absolute atomic E-state index is 14.0. The van der Waals surface area contributed by atoms with Gasteiger partial charge >= 0.3 is 6.18 Å². The second kappa shape index (κ2) is 8.13. The Morgan fingerprint density at radius 1 is 1.12 bits per heavy atom. The standard InChI is InChI=1S/C22H19F5N6O/c1-34-18-7-17-11(6-13(18)23)2-4-16(29-17)21-31-30-19-5-3-12(8-33(19)21)20(22(25,26)27)32-9-14(24)15(28)10-32/h2-8,14-15,20H,9-10,28H2,1H3/t14?,15-,20-/m1/s1. The van der Waals surface area contributed by atoms with Crippen LogP contribution in [0.25, 0.3) is 28.1 Å². The summed E-state index contributed by atoms with van der Waals surface area (Å²) in [5.41, 5.74) is 6.56. The SMILES string of the molecule is COc1cc2nc(-c3nnc4ccc([C@@H](N5CC(F)[C@H](N)C5)C(F)(F)F)cn34)ccc2cc1F. The van der Waals surface area contributed by atoms with Crippen LogP contribution >= 0.6 is 0 Å². The molecule has 1 aliphatic heterocycles. The topological polar surface area (TPSA) is 81.6 Å². The number of benzene rings is 1. The lowest BCUT2D eigenvalue weighted by Gasteiger charge is -2.29. The van der Waals surface area contributed by atoms with Gasteiger partial charge in [-0.1, -0.05) is 12.1 Å². The summed E-state index contributed by atoms with van der Waals surface area (Å²) < 4.78 is 76.4. The minimum atomic E-state index is -4.66. The molecule has 7 nitrogen and oxygen atoms in total. The average molecular weight is 478 g/mol. The smallest absolute Gasteiger partial charge is 0.408 e. The van der Waals surface area contributed by atoms with Crippen molar-refractivity contribution in [2.45, 2.75) is 24.4 Å². The van der Waals surface area contributed by atoms with Gasteiger partial charge in [-0.15, -0.1) is 10.2 Å².